The number of hydrogen-bond donors (Lipinski definition) is 0. The van der Waals surface area contributed by atoms with Gasteiger partial charge in [0, 0.05) is 17.6 Å². The molecule has 3 nitrogen and oxygen atoms in total. The molecule has 0 saturated carbocycles. The summed E-state index contributed by atoms with van der Waals surface area (Å²) in [7, 11) is -2.83. The van der Waals surface area contributed by atoms with Crippen LogP contribution in [0, 0.1) is 0 Å². The van der Waals surface area contributed by atoms with Crippen LogP contribution in [0.25, 0.3) is 0 Å². The Labute approximate surface area is 90.1 Å². The van der Waals surface area contributed by atoms with Crippen LogP contribution in [0.4, 0.5) is 0 Å². The van der Waals surface area contributed by atoms with Crippen LogP contribution in [0.15, 0.2) is 0 Å². The lowest BCUT2D eigenvalue weighted by atomic mass is 10.4. The van der Waals surface area contributed by atoms with Crippen LogP contribution in [0.5, 0.6) is 0 Å². The Kier molecular flexibility index (Phi) is 4.12. The van der Waals surface area contributed by atoms with E-state index in [9.17, 15) is 13.0 Å². The van der Waals surface area contributed by atoms with Crippen LogP contribution in [0.1, 0.15) is 20.3 Å². The Morgan fingerprint density at radius 2 is 1.93 bits per heavy atom. The average molecular weight is 256 g/mol. The summed E-state index contributed by atoms with van der Waals surface area (Å²) in [6.07, 6.45) is -0.114. The van der Waals surface area contributed by atoms with Gasteiger partial charge in [0.15, 0.2) is 9.84 Å². The van der Waals surface area contributed by atoms with Gasteiger partial charge in [-0.15, -0.1) is 0 Å². The van der Waals surface area contributed by atoms with Gasteiger partial charge in [-0.25, -0.2) is 8.42 Å². The summed E-state index contributed by atoms with van der Waals surface area (Å²) in [5.74, 6) is 0.500. The quantitative estimate of drug-likeness (QED) is 0.724. The maximum absolute atomic E-state index is 12.1. The van der Waals surface area contributed by atoms with E-state index in [0.717, 1.165) is 0 Å². The summed E-state index contributed by atoms with van der Waals surface area (Å²) in [4.78, 5) is 0. The first-order valence-corrected chi connectivity index (χ1v) is 10.3. The zero-order valence-electron chi connectivity index (χ0n) is 8.60. The summed E-state index contributed by atoms with van der Waals surface area (Å²) >= 11 is 1.43. The second kappa shape index (κ2) is 4.58. The van der Waals surface area contributed by atoms with Gasteiger partial charge < -0.3 is 4.57 Å². The third-order valence-corrected chi connectivity index (χ3v) is 11.1. The van der Waals surface area contributed by atoms with Crippen LogP contribution < -0.4 is 0 Å². The van der Waals surface area contributed by atoms with Crippen molar-refractivity contribution in [2.75, 3.05) is 23.8 Å². The zero-order chi connectivity index (χ0) is 10.8. The number of sulfone groups is 1. The van der Waals surface area contributed by atoms with E-state index in [1.165, 1.54) is 11.4 Å². The molecule has 1 aliphatic heterocycles. The van der Waals surface area contributed by atoms with E-state index >= 15 is 0 Å². The van der Waals surface area contributed by atoms with Crippen molar-refractivity contribution in [1.29, 1.82) is 0 Å². The summed E-state index contributed by atoms with van der Waals surface area (Å²) < 4.78 is 34.5. The second-order valence-electron chi connectivity index (χ2n) is 3.58. The highest BCUT2D eigenvalue weighted by molar-refractivity contribution is 8.58. The molecule has 84 valence electrons. The van der Waals surface area contributed by atoms with Crippen LogP contribution in [-0.2, 0) is 14.4 Å². The van der Waals surface area contributed by atoms with Crippen molar-refractivity contribution in [2.24, 2.45) is 0 Å². The Balaban J connectivity index is 2.59. The van der Waals surface area contributed by atoms with Gasteiger partial charge in [-0.1, -0.05) is 25.2 Å². The highest BCUT2D eigenvalue weighted by Gasteiger charge is 2.33. The van der Waals surface area contributed by atoms with Crippen molar-refractivity contribution < 1.29 is 13.0 Å². The standard InChI is InChI=1S/C8H17O3PS2/c1-3-12(9,4-2)13-8-5-6-14(10,11)7-8/h8H,3-7H2,1-2H3. The lowest BCUT2D eigenvalue weighted by molar-refractivity contribution is 0.586. The van der Waals surface area contributed by atoms with E-state index in [4.69, 9.17) is 0 Å². The van der Waals surface area contributed by atoms with Gasteiger partial charge in [0.25, 0.3) is 0 Å². The van der Waals surface area contributed by atoms with Crippen LogP contribution >= 0.6 is 17.7 Å². The largest absolute Gasteiger partial charge is 0.312 e. The van der Waals surface area contributed by atoms with Crippen molar-refractivity contribution in [3.05, 3.63) is 0 Å². The van der Waals surface area contributed by atoms with Gasteiger partial charge in [-0.2, -0.15) is 0 Å². The average Bonchev–Trinajstić information content (AvgIpc) is 2.45. The molecular weight excluding hydrogens is 239 g/mol. The molecule has 0 aromatic carbocycles. The number of hydrogen-bond acceptors (Lipinski definition) is 4. The van der Waals surface area contributed by atoms with Gasteiger partial charge in [0.2, 0.25) is 0 Å². The molecule has 0 bridgehead atoms. The molecule has 1 aliphatic rings. The third kappa shape index (κ3) is 3.28. The molecule has 6 heteroatoms. The molecule has 1 rings (SSSR count). The molecule has 0 spiro atoms. The van der Waals surface area contributed by atoms with Crippen molar-refractivity contribution in [2.45, 2.75) is 25.5 Å². The molecule has 0 N–H and O–H groups in total. The Morgan fingerprint density at radius 3 is 2.29 bits per heavy atom. The van der Waals surface area contributed by atoms with E-state index in [2.05, 4.69) is 0 Å². The molecule has 14 heavy (non-hydrogen) atoms. The molecule has 1 unspecified atom stereocenters. The summed E-state index contributed by atoms with van der Waals surface area (Å²) in [6.45, 7) is 3.83. The summed E-state index contributed by atoms with van der Waals surface area (Å²) in [6, 6.07) is 0. The maximum atomic E-state index is 12.1. The van der Waals surface area contributed by atoms with Gasteiger partial charge >= 0.3 is 0 Å². The molecule has 1 fully saturated rings. The molecule has 0 amide bonds. The Bertz CT molecular complexity index is 328. The fraction of sp³-hybridized carbons (Fsp3) is 1.00. The molecule has 1 atom stereocenters. The second-order valence-corrected chi connectivity index (χ2v) is 12.2. The van der Waals surface area contributed by atoms with E-state index < -0.39 is 16.2 Å². The molecule has 0 aromatic rings. The first-order valence-electron chi connectivity index (χ1n) is 4.87. The maximum Gasteiger partial charge on any atom is 0.151 e. The van der Waals surface area contributed by atoms with Crippen molar-refractivity contribution in [3.8, 4) is 0 Å². The van der Waals surface area contributed by atoms with E-state index in [1.807, 2.05) is 13.8 Å². The fourth-order valence-corrected chi connectivity index (χ4v) is 8.95. The number of rotatable bonds is 4. The fourth-order valence-electron chi connectivity index (χ4n) is 1.49. The minimum atomic E-state index is -2.83. The van der Waals surface area contributed by atoms with Crippen LogP contribution in [0.3, 0.4) is 0 Å². The Hall–Kier alpha value is 0.530. The SMILES string of the molecule is CCP(=O)(CC)SC1CCS(=O)(=O)C1. The minimum Gasteiger partial charge on any atom is -0.312 e. The van der Waals surface area contributed by atoms with Gasteiger partial charge in [0.1, 0.15) is 6.34 Å². The van der Waals surface area contributed by atoms with Crippen molar-refractivity contribution in [1.82, 2.24) is 0 Å². The summed E-state index contributed by atoms with van der Waals surface area (Å²) in [5.41, 5.74) is 0. The van der Waals surface area contributed by atoms with Crippen molar-refractivity contribution in [3.63, 3.8) is 0 Å². The first kappa shape index (κ1) is 12.6. The summed E-state index contributed by atoms with van der Waals surface area (Å²) in [5, 5.41) is 0.0748. The highest BCUT2D eigenvalue weighted by atomic mass is 32.7. The molecular formula is C8H17O3PS2. The molecule has 1 saturated heterocycles. The van der Waals surface area contributed by atoms with Crippen LogP contribution in [0.2, 0.25) is 0 Å². The highest BCUT2D eigenvalue weighted by Crippen LogP contribution is 2.60. The molecule has 0 aromatic heterocycles. The molecule has 0 aliphatic carbocycles. The minimum absolute atomic E-state index is 0.0748. The molecule has 1 heterocycles. The van der Waals surface area contributed by atoms with Gasteiger partial charge in [-0.05, 0) is 6.42 Å². The third-order valence-electron chi connectivity index (χ3n) is 2.50. The zero-order valence-corrected chi connectivity index (χ0v) is 11.1. The molecule has 0 radical (unpaired) electrons. The smallest absolute Gasteiger partial charge is 0.151 e. The lowest BCUT2D eigenvalue weighted by Gasteiger charge is -2.16. The topological polar surface area (TPSA) is 51.2 Å². The monoisotopic (exact) mass is 256 g/mol. The predicted molar refractivity (Wildman–Crippen MR) is 63.3 cm³/mol. The predicted octanol–water partition coefficient (Wildman–Crippen LogP) is 2.22. The lowest BCUT2D eigenvalue weighted by Crippen LogP contribution is -2.06. The first-order chi connectivity index (χ1) is 6.41. The van der Waals surface area contributed by atoms with Gasteiger partial charge in [-0.3, -0.25) is 0 Å². The van der Waals surface area contributed by atoms with E-state index in [0.29, 0.717) is 18.7 Å². The van der Waals surface area contributed by atoms with Crippen molar-refractivity contribution >= 4 is 27.6 Å². The van der Waals surface area contributed by atoms with E-state index in [-0.39, 0.29) is 16.8 Å². The Morgan fingerprint density at radius 1 is 1.36 bits per heavy atom. The van der Waals surface area contributed by atoms with Crippen LogP contribution in [-0.4, -0.2) is 37.5 Å². The van der Waals surface area contributed by atoms with Gasteiger partial charge in [0.05, 0.1) is 11.5 Å². The van der Waals surface area contributed by atoms with E-state index in [1.54, 1.807) is 0 Å². The normalized spacial score (nSPS) is 26.6.